The Morgan fingerprint density at radius 3 is 2.52 bits per heavy atom. The number of fused-ring (bicyclic) bond motifs is 1. The quantitative estimate of drug-likeness (QED) is 0.468. The van der Waals surface area contributed by atoms with Gasteiger partial charge in [-0.2, -0.15) is 28.1 Å². The van der Waals surface area contributed by atoms with E-state index in [1.807, 2.05) is 6.07 Å². The van der Waals surface area contributed by atoms with Crippen LogP contribution in [0.5, 0.6) is 0 Å². The highest BCUT2D eigenvalue weighted by Gasteiger charge is 2.30. The molecule has 0 atom stereocenters. The summed E-state index contributed by atoms with van der Waals surface area (Å²) in [6.07, 6.45) is -4.53. The number of anilines is 1. The topological polar surface area (TPSA) is 125 Å². The van der Waals surface area contributed by atoms with Gasteiger partial charge in [0.05, 0.1) is 16.9 Å². The molecule has 0 aliphatic carbocycles. The van der Waals surface area contributed by atoms with E-state index in [1.165, 1.54) is 12.1 Å². The molecule has 8 nitrogen and oxygen atoms in total. The van der Waals surface area contributed by atoms with Gasteiger partial charge in [-0.15, -0.1) is 5.11 Å². The van der Waals surface area contributed by atoms with Crippen molar-refractivity contribution in [3.8, 4) is 17.3 Å². The number of hydrogen-bond donors (Lipinski definition) is 2. The molecule has 154 valence electrons. The molecule has 0 aliphatic heterocycles. The zero-order valence-electron chi connectivity index (χ0n) is 15.6. The number of H-pyrrole nitrogens is 1. The van der Waals surface area contributed by atoms with Crippen LogP contribution in [0.2, 0.25) is 0 Å². The summed E-state index contributed by atoms with van der Waals surface area (Å²) in [5.41, 5.74) is 4.65. The molecule has 0 amide bonds. The maximum Gasteiger partial charge on any atom is 0.416 e. The van der Waals surface area contributed by atoms with Gasteiger partial charge in [0.15, 0.2) is 11.3 Å². The molecular formula is C20H12F3N7O. The Morgan fingerprint density at radius 1 is 1.10 bits per heavy atom. The number of nitrogens with one attached hydrogen (secondary N) is 1. The lowest BCUT2D eigenvalue weighted by atomic mass is 10.1. The van der Waals surface area contributed by atoms with Crippen LogP contribution in [0.4, 0.5) is 30.4 Å². The average molecular weight is 423 g/mol. The van der Waals surface area contributed by atoms with Gasteiger partial charge in [-0.25, -0.2) is 4.98 Å². The normalized spacial score (nSPS) is 11.8. The van der Waals surface area contributed by atoms with E-state index in [4.69, 9.17) is 5.73 Å². The number of halogens is 3. The second-order valence-corrected chi connectivity index (χ2v) is 6.40. The Labute approximate surface area is 172 Å². The van der Waals surface area contributed by atoms with Crippen LogP contribution in [0.25, 0.3) is 16.9 Å². The fourth-order valence-electron chi connectivity index (χ4n) is 2.93. The van der Waals surface area contributed by atoms with Gasteiger partial charge in [0.25, 0.3) is 5.56 Å². The van der Waals surface area contributed by atoms with Crippen LogP contribution in [-0.2, 0) is 6.18 Å². The molecule has 0 aliphatic rings. The first-order valence-corrected chi connectivity index (χ1v) is 8.78. The number of nitrogens with two attached hydrogens (primary N) is 1. The zero-order valence-corrected chi connectivity index (χ0v) is 15.6. The Kier molecular flexibility index (Phi) is 4.75. The summed E-state index contributed by atoms with van der Waals surface area (Å²) < 4.78 is 39.7. The lowest BCUT2D eigenvalue weighted by Gasteiger charge is -2.06. The number of alkyl halides is 3. The van der Waals surface area contributed by atoms with Crippen LogP contribution in [0, 0.1) is 11.3 Å². The number of nitrogens with zero attached hydrogens (tertiary/aromatic N) is 5. The fraction of sp³-hybridized carbons (Fsp3) is 0.0500. The van der Waals surface area contributed by atoms with Gasteiger partial charge in [0, 0.05) is 5.56 Å². The van der Waals surface area contributed by atoms with Crippen molar-refractivity contribution in [3.63, 3.8) is 0 Å². The lowest BCUT2D eigenvalue weighted by Crippen LogP contribution is -2.19. The number of azo groups is 1. The molecule has 0 radical (unpaired) electrons. The highest BCUT2D eigenvalue weighted by molar-refractivity contribution is 5.79. The molecule has 0 bridgehead atoms. The number of nitriles is 1. The summed E-state index contributed by atoms with van der Waals surface area (Å²) in [6.45, 7) is 0. The number of rotatable bonds is 3. The summed E-state index contributed by atoms with van der Waals surface area (Å²) in [7, 11) is 0. The van der Waals surface area contributed by atoms with Crippen molar-refractivity contribution in [1.29, 1.82) is 5.26 Å². The molecule has 0 fully saturated rings. The minimum Gasteiger partial charge on any atom is -0.382 e. The molecule has 31 heavy (non-hydrogen) atoms. The largest absolute Gasteiger partial charge is 0.416 e. The fourth-order valence-corrected chi connectivity index (χ4v) is 2.93. The number of aromatic amines is 1. The van der Waals surface area contributed by atoms with E-state index in [9.17, 15) is 23.2 Å². The molecule has 2 aromatic heterocycles. The van der Waals surface area contributed by atoms with Crippen LogP contribution in [0.1, 0.15) is 11.1 Å². The molecule has 0 saturated carbocycles. The summed E-state index contributed by atoms with van der Waals surface area (Å²) in [6, 6.07) is 14.7. The second-order valence-electron chi connectivity index (χ2n) is 6.40. The summed E-state index contributed by atoms with van der Waals surface area (Å²) in [5, 5.41) is 19.7. The Morgan fingerprint density at radius 2 is 1.84 bits per heavy atom. The van der Waals surface area contributed by atoms with Gasteiger partial charge in [0.1, 0.15) is 17.5 Å². The van der Waals surface area contributed by atoms with E-state index in [2.05, 4.69) is 20.3 Å². The number of nitrogen functional groups attached to an aromatic ring is 1. The summed E-state index contributed by atoms with van der Waals surface area (Å²) in [4.78, 5) is 17.1. The van der Waals surface area contributed by atoms with Gasteiger partial charge in [-0.1, -0.05) is 36.4 Å². The van der Waals surface area contributed by atoms with Crippen LogP contribution in [-0.4, -0.2) is 14.6 Å². The van der Waals surface area contributed by atoms with Crippen LogP contribution >= 0.6 is 0 Å². The van der Waals surface area contributed by atoms with Gasteiger partial charge in [-0.3, -0.25) is 9.89 Å². The third-order valence-electron chi connectivity index (χ3n) is 4.38. The van der Waals surface area contributed by atoms with Gasteiger partial charge >= 0.3 is 6.18 Å². The zero-order chi connectivity index (χ0) is 22.2. The molecule has 4 rings (SSSR count). The van der Waals surface area contributed by atoms with E-state index in [0.29, 0.717) is 5.56 Å². The standard InChI is InChI=1S/C20H12F3N7O/c21-20(22,23)12-7-4-8-13(9-12)27-28-16-17(25)29-30-18(16)26-15(14(10-24)19(30)31)11-5-2-1-3-6-11/h1-9,29H,25H2. The molecule has 0 unspecified atom stereocenters. The third kappa shape index (κ3) is 3.62. The summed E-state index contributed by atoms with van der Waals surface area (Å²) >= 11 is 0. The first kappa shape index (κ1) is 19.8. The maximum absolute atomic E-state index is 12.9. The van der Waals surface area contributed by atoms with Crippen molar-refractivity contribution in [2.24, 2.45) is 10.2 Å². The number of hydrogen-bond acceptors (Lipinski definition) is 6. The van der Waals surface area contributed by atoms with Gasteiger partial charge in [0.2, 0.25) is 0 Å². The molecule has 4 aromatic rings. The second kappa shape index (κ2) is 7.42. The van der Waals surface area contributed by atoms with Crippen LogP contribution in [0.15, 0.2) is 69.6 Å². The van der Waals surface area contributed by atoms with Crippen LogP contribution in [0.3, 0.4) is 0 Å². The monoisotopic (exact) mass is 423 g/mol. The molecule has 2 heterocycles. The van der Waals surface area contributed by atoms with Crippen LogP contribution < -0.4 is 11.3 Å². The van der Waals surface area contributed by atoms with Crippen molar-refractivity contribution in [3.05, 3.63) is 76.1 Å². The van der Waals surface area contributed by atoms with Gasteiger partial charge < -0.3 is 5.73 Å². The average Bonchev–Trinajstić information content (AvgIpc) is 3.08. The SMILES string of the molecule is N#Cc1c(-c2ccccc2)nc2c(N=Nc3cccc(C(F)(F)F)c3)c(N)[nH]n2c1=O. The molecule has 2 aromatic carbocycles. The Hall–Kier alpha value is -4.46. The number of aromatic nitrogens is 3. The predicted octanol–water partition coefficient (Wildman–Crippen LogP) is 4.58. The first-order chi connectivity index (χ1) is 14.8. The van der Waals surface area contributed by atoms with E-state index < -0.39 is 17.3 Å². The predicted molar refractivity (Wildman–Crippen MR) is 106 cm³/mol. The number of benzene rings is 2. The van der Waals surface area contributed by atoms with Crippen molar-refractivity contribution >= 4 is 22.8 Å². The van der Waals surface area contributed by atoms with Gasteiger partial charge in [-0.05, 0) is 18.2 Å². The van der Waals surface area contributed by atoms with Crippen molar-refractivity contribution in [2.45, 2.75) is 6.18 Å². The third-order valence-corrected chi connectivity index (χ3v) is 4.38. The van der Waals surface area contributed by atoms with Crippen molar-refractivity contribution < 1.29 is 13.2 Å². The molecule has 0 spiro atoms. The Bertz CT molecular complexity index is 1410. The minimum absolute atomic E-state index is 0.0175. The van der Waals surface area contributed by atoms with Crippen molar-refractivity contribution in [2.75, 3.05) is 5.73 Å². The highest BCUT2D eigenvalue weighted by atomic mass is 19.4. The summed E-state index contributed by atoms with van der Waals surface area (Å²) in [5.74, 6) is -0.0885. The highest BCUT2D eigenvalue weighted by Crippen LogP contribution is 2.33. The molecular weight excluding hydrogens is 411 g/mol. The molecule has 0 saturated heterocycles. The lowest BCUT2D eigenvalue weighted by molar-refractivity contribution is -0.137. The molecule has 3 N–H and O–H groups in total. The molecule has 11 heteroatoms. The van der Waals surface area contributed by atoms with E-state index >= 15 is 0 Å². The van der Waals surface area contributed by atoms with E-state index in [1.54, 1.807) is 30.3 Å². The van der Waals surface area contributed by atoms with E-state index in [-0.39, 0.29) is 34.1 Å². The van der Waals surface area contributed by atoms with E-state index in [0.717, 1.165) is 16.6 Å². The smallest absolute Gasteiger partial charge is 0.382 e. The maximum atomic E-state index is 12.9. The minimum atomic E-state index is -4.53. The van der Waals surface area contributed by atoms with Crippen molar-refractivity contribution in [1.82, 2.24) is 14.6 Å². The Balaban J connectivity index is 1.88. The first-order valence-electron chi connectivity index (χ1n) is 8.78.